The van der Waals surface area contributed by atoms with Gasteiger partial charge >= 0.3 is 0 Å². The van der Waals surface area contributed by atoms with Gasteiger partial charge in [0.2, 0.25) is 5.91 Å². The number of amides is 1. The largest absolute Gasteiger partial charge is 0.497 e. The minimum Gasteiger partial charge on any atom is -0.497 e. The van der Waals surface area contributed by atoms with Crippen LogP contribution >= 0.6 is 11.3 Å². The maximum atomic E-state index is 11.7. The van der Waals surface area contributed by atoms with E-state index in [0.29, 0.717) is 28.9 Å². The first-order chi connectivity index (χ1) is 11.2. The molecule has 1 aromatic heterocycles. The van der Waals surface area contributed by atoms with E-state index in [9.17, 15) is 4.79 Å². The van der Waals surface area contributed by atoms with E-state index in [1.807, 2.05) is 23.6 Å². The van der Waals surface area contributed by atoms with E-state index in [2.05, 4.69) is 22.2 Å². The summed E-state index contributed by atoms with van der Waals surface area (Å²) in [7, 11) is 3.21. The van der Waals surface area contributed by atoms with Crippen molar-refractivity contribution < 1.29 is 14.3 Å². The van der Waals surface area contributed by atoms with Gasteiger partial charge in [0.25, 0.3) is 0 Å². The molecule has 23 heavy (non-hydrogen) atoms. The SMILES string of the molecule is C=CCNC(=O)Cc1csc(Nc2cc(OC)ccc2OC)n1. The summed E-state index contributed by atoms with van der Waals surface area (Å²) < 4.78 is 10.5. The fourth-order valence-electron chi connectivity index (χ4n) is 1.89. The molecule has 6 nitrogen and oxygen atoms in total. The zero-order valence-electron chi connectivity index (χ0n) is 13.1. The minimum atomic E-state index is -0.0827. The Bertz CT molecular complexity index is 685. The normalized spacial score (nSPS) is 10.0. The number of rotatable bonds is 8. The Kier molecular flexibility index (Phi) is 5.99. The first kappa shape index (κ1) is 16.8. The van der Waals surface area contributed by atoms with Crippen LogP contribution in [0, 0.1) is 0 Å². The molecule has 0 aliphatic carbocycles. The number of thiazole rings is 1. The third kappa shape index (κ3) is 4.72. The molecule has 2 aromatic rings. The molecule has 1 heterocycles. The molecule has 2 rings (SSSR count). The Morgan fingerprint density at radius 1 is 1.39 bits per heavy atom. The molecule has 0 unspecified atom stereocenters. The van der Waals surface area contributed by atoms with Crippen molar-refractivity contribution in [2.24, 2.45) is 0 Å². The molecule has 0 saturated heterocycles. The number of nitrogens with one attached hydrogen (secondary N) is 2. The monoisotopic (exact) mass is 333 g/mol. The van der Waals surface area contributed by atoms with Crippen LogP contribution in [-0.4, -0.2) is 31.7 Å². The van der Waals surface area contributed by atoms with Gasteiger partial charge < -0.3 is 20.1 Å². The van der Waals surface area contributed by atoms with E-state index in [1.54, 1.807) is 20.3 Å². The average molecular weight is 333 g/mol. The van der Waals surface area contributed by atoms with Crippen LogP contribution in [0.15, 0.2) is 36.2 Å². The summed E-state index contributed by atoms with van der Waals surface area (Å²) in [5.74, 6) is 1.32. The predicted octanol–water partition coefficient (Wildman–Crippen LogP) is 2.75. The van der Waals surface area contributed by atoms with Crippen LogP contribution in [0.3, 0.4) is 0 Å². The molecule has 1 amide bonds. The van der Waals surface area contributed by atoms with Crippen LogP contribution in [0.4, 0.5) is 10.8 Å². The topological polar surface area (TPSA) is 72.5 Å². The number of hydrogen-bond donors (Lipinski definition) is 2. The highest BCUT2D eigenvalue weighted by molar-refractivity contribution is 7.13. The van der Waals surface area contributed by atoms with Crippen LogP contribution in [0.5, 0.6) is 11.5 Å². The van der Waals surface area contributed by atoms with Crippen molar-refractivity contribution in [3.63, 3.8) is 0 Å². The molecule has 122 valence electrons. The summed E-state index contributed by atoms with van der Waals surface area (Å²) in [6, 6.07) is 5.47. The van der Waals surface area contributed by atoms with E-state index in [4.69, 9.17) is 9.47 Å². The second-order valence-corrected chi connectivity index (χ2v) is 5.46. The number of ether oxygens (including phenoxy) is 2. The van der Waals surface area contributed by atoms with Crippen molar-refractivity contribution >= 4 is 28.1 Å². The Morgan fingerprint density at radius 3 is 2.91 bits per heavy atom. The third-order valence-corrected chi connectivity index (χ3v) is 3.79. The standard InChI is InChI=1S/C16H19N3O3S/c1-4-7-17-15(20)8-11-10-23-16(18-11)19-13-9-12(21-2)5-6-14(13)22-3/h4-6,9-10H,1,7-8H2,2-3H3,(H,17,20)(H,18,19). The van der Waals surface area contributed by atoms with Crippen molar-refractivity contribution in [1.82, 2.24) is 10.3 Å². The molecule has 0 aliphatic rings. The fraction of sp³-hybridized carbons (Fsp3) is 0.250. The minimum absolute atomic E-state index is 0.0827. The maximum absolute atomic E-state index is 11.7. The fourth-order valence-corrected chi connectivity index (χ4v) is 2.61. The molecule has 0 bridgehead atoms. The van der Waals surface area contributed by atoms with Crippen LogP contribution < -0.4 is 20.1 Å². The van der Waals surface area contributed by atoms with Crippen molar-refractivity contribution in [2.45, 2.75) is 6.42 Å². The van der Waals surface area contributed by atoms with E-state index in [-0.39, 0.29) is 12.3 Å². The van der Waals surface area contributed by atoms with Gasteiger partial charge in [0.15, 0.2) is 5.13 Å². The number of hydrogen-bond acceptors (Lipinski definition) is 6. The lowest BCUT2D eigenvalue weighted by Gasteiger charge is -2.10. The number of carbonyl (C=O) groups excluding carboxylic acids is 1. The summed E-state index contributed by atoms with van der Waals surface area (Å²) in [5, 5.41) is 8.45. The highest BCUT2D eigenvalue weighted by Crippen LogP contribution is 2.32. The first-order valence-corrected chi connectivity index (χ1v) is 7.85. The van der Waals surface area contributed by atoms with E-state index in [0.717, 1.165) is 5.69 Å². The summed E-state index contributed by atoms with van der Waals surface area (Å²) in [6.07, 6.45) is 1.88. The van der Waals surface area contributed by atoms with Crippen molar-refractivity contribution in [3.8, 4) is 11.5 Å². The summed E-state index contributed by atoms with van der Waals surface area (Å²) >= 11 is 1.42. The first-order valence-electron chi connectivity index (χ1n) is 6.97. The van der Waals surface area contributed by atoms with Gasteiger partial charge in [-0.15, -0.1) is 17.9 Å². The third-order valence-electron chi connectivity index (χ3n) is 2.99. The molecule has 0 fully saturated rings. The smallest absolute Gasteiger partial charge is 0.226 e. The molecule has 7 heteroatoms. The van der Waals surface area contributed by atoms with Gasteiger partial charge in [0.1, 0.15) is 11.5 Å². The lowest BCUT2D eigenvalue weighted by Crippen LogP contribution is -2.25. The number of benzene rings is 1. The van der Waals surface area contributed by atoms with Gasteiger partial charge in [-0.05, 0) is 12.1 Å². The van der Waals surface area contributed by atoms with Gasteiger partial charge in [0, 0.05) is 18.0 Å². The van der Waals surface area contributed by atoms with Crippen molar-refractivity contribution in [1.29, 1.82) is 0 Å². The van der Waals surface area contributed by atoms with E-state index in [1.165, 1.54) is 11.3 Å². The molecular formula is C16H19N3O3S. The highest BCUT2D eigenvalue weighted by atomic mass is 32.1. The number of nitrogens with zero attached hydrogens (tertiary/aromatic N) is 1. The van der Waals surface area contributed by atoms with Crippen molar-refractivity contribution in [3.05, 3.63) is 41.9 Å². The maximum Gasteiger partial charge on any atom is 0.226 e. The van der Waals surface area contributed by atoms with Crippen LogP contribution in [-0.2, 0) is 11.2 Å². The zero-order chi connectivity index (χ0) is 16.7. The zero-order valence-corrected chi connectivity index (χ0v) is 13.9. The molecule has 0 radical (unpaired) electrons. The predicted molar refractivity (Wildman–Crippen MR) is 91.9 cm³/mol. The van der Waals surface area contributed by atoms with E-state index >= 15 is 0 Å². The molecule has 2 N–H and O–H groups in total. The Hall–Kier alpha value is -2.54. The number of methoxy groups -OCH3 is 2. The van der Waals surface area contributed by atoms with Gasteiger partial charge in [-0.2, -0.15) is 0 Å². The molecule has 0 saturated carbocycles. The van der Waals surface area contributed by atoms with Gasteiger partial charge in [-0.3, -0.25) is 4.79 Å². The van der Waals surface area contributed by atoms with Crippen LogP contribution in [0.1, 0.15) is 5.69 Å². The second kappa shape index (κ2) is 8.19. The van der Waals surface area contributed by atoms with Gasteiger partial charge in [0.05, 0.1) is 32.0 Å². The molecular weight excluding hydrogens is 314 g/mol. The number of anilines is 2. The number of carbonyl (C=O) groups is 1. The van der Waals surface area contributed by atoms with E-state index < -0.39 is 0 Å². The molecule has 0 spiro atoms. The lowest BCUT2D eigenvalue weighted by atomic mass is 10.2. The summed E-state index contributed by atoms with van der Waals surface area (Å²) in [6.45, 7) is 4.01. The molecule has 0 aliphatic heterocycles. The summed E-state index contributed by atoms with van der Waals surface area (Å²) in [4.78, 5) is 16.1. The molecule has 0 atom stereocenters. The lowest BCUT2D eigenvalue weighted by molar-refractivity contribution is -0.120. The quantitative estimate of drug-likeness (QED) is 0.727. The van der Waals surface area contributed by atoms with Crippen LogP contribution in [0.25, 0.3) is 0 Å². The molecule has 1 aromatic carbocycles. The summed E-state index contributed by atoms with van der Waals surface area (Å²) in [5.41, 5.74) is 1.46. The van der Waals surface area contributed by atoms with Gasteiger partial charge in [-0.1, -0.05) is 6.08 Å². The van der Waals surface area contributed by atoms with Crippen molar-refractivity contribution in [2.75, 3.05) is 26.1 Å². The second-order valence-electron chi connectivity index (χ2n) is 4.60. The average Bonchev–Trinajstić information content (AvgIpc) is 2.99. The number of aromatic nitrogens is 1. The van der Waals surface area contributed by atoms with Gasteiger partial charge in [-0.25, -0.2) is 4.98 Å². The Morgan fingerprint density at radius 2 is 2.22 bits per heavy atom. The van der Waals surface area contributed by atoms with Crippen LogP contribution in [0.2, 0.25) is 0 Å². The Balaban J connectivity index is 2.07. The Labute approximate surface area is 139 Å². The highest BCUT2D eigenvalue weighted by Gasteiger charge is 2.10.